The van der Waals surface area contributed by atoms with E-state index in [1.54, 1.807) is 24.3 Å². The number of rotatable bonds is 4. The highest BCUT2D eigenvalue weighted by atomic mass is 32.2. The molecule has 0 fully saturated rings. The van der Waals surface area contributed by atoms with Gasteiger partial charge in [0, 0.05) is 5.69 Å². The Kier molecular flexibility index (Phi) is 3.90. The van der Waals surface area contributed by atoms with Crippen molar-refractivity contribution >= 4 is 15.5 Å². The second-order valence-corrected chi connectivity index (χ2v) is 6.83. The van der Waals surface area contributed by atoms with Gasteiger partial charge in [0.2, 0.25) is 0 Å². The molecular weight excluding hydrogens is 258 g/mol. The SMILES string of the molecule is Cc1cccc(CS(=O)(=O)Cc2ccc(N)cc2)c1. The molecule has 3 nitrogen and oxygen atoms in total. The summed E-state index contributed by atoms with van der Waals surface area (Å²) in [6, 6.07) is 14.5. The van der Waals surface area contributed by atoms with E-state index in [0.717, 1.165) is 16.7 Å². The number of sulfone groups is 1. The van der Waals surface area contributed by atoms with Gasteiger partial charge in [0.05, 0.1) is 11.5 Å². The summed E-state index contributed by atoms with van der Waals surface area (Å²) in [6.07, 6.45) is 0. The zero-order valence-corrected chi connectivity index (χ0v) is 11.7. The number of anilines is 1. The maximum Gasteiger partial charge on any atom is 0.158 e. The second-order valence-electron chi connectivity index (χ2n) is 4.76. The predicted octanol–water partition coefficient (Wildman–Crippen LogP) is 2.69. The van der Waals surface area contributed by atoms with Crippen molar-refractivity contribution in [3.05, 3.63) is 65.2 Å². The Hall–Kier alpha value is -1.81. The fourth-order valence-electron chi connectivity index (χ4n) is 1.97. The van der Waals surface area contributed by atoms with Crippen molar-refractivity contribution < 1.29 is 8.42 Å². The Labute approximate surface area is 114 Å². The van der Waals surface area contributed by atoms with Crippen molar-refractivity contribution in [2.75, 3.05) is 5.73 Å². The summed E-state index contributed by atoms with van der Waals surface area (Å²) in [6.45, 7) is 1.95. The van der Waals surface area contributed by atoms with Crippen molar-refractivity contribution in [2.45, 2.75) is 18.4 Å². The summed E-state index contributed by atoms with van der Waals surface area (Å²) >= 11 is 0. The van der Waals surface area contributed by atoms with Crippen LogP contribution in [0, 0.1) is 6.92 Å². The van der Waals surface area contributed by atoms with Crippen LogP contribution in [0.25, 0.3) is 0 Å². The summed E-state index contributed by atoms with van der Waals surface area (Å²) in [4.78, 5) is 0. The molecule has 0 saturated carbocycles. The van der Waals surface area contributed by atoms with Gasteiger partial charge in [-0.3, -0.25) is 0 Å². The van der Waals surface area contributed by atoms with Gasteiger partial charge in [-0.25, -0.2) is 8.42 Å². The first-order valence-corrected chi connectivity index (χ1v) is 7.87. The molecule has 0 atom stereocenters. The first-order chi connectivity index (χ1) is 8.94. The Morgan fingerprint density at radius 3 is 2.21 bits per heavy atom. The Bertz CT molecular complexity index is 661. The maximum absolute atomic E-state index is 12.1. The minimum Gasteiger partial charge on any atom is -0.399 e. The summed E-state index contributed by atoms with van der Waals surface area (Å²) in [5, 5.41) is 0. The van der Waals surface area contributed by atoms with E-state index >= 15 is 0 Å². The van der Waals surface area contributed by atoms with Crippen molar-refractivity contribution in [1.82, 2.24) is 0 Å². The third kappa shape index (κ3) is 4.10. The summed E-state index contributed by atoms with van der Waals surface area (Å²) in [5.74, 6) is 0.111. The largest absolute Gasteiger partial charge is 0.399 e. The Morgan fingerprint density at radius 2 is 1.58 bits per heavy atom. The molecule has 2 N–H and O–H groups in total. The molecule has 0 aromatic heterocycles. The molecule has 2 aromatic rings. The van der Waals surface area contributed by atoms with Gasteiger partial charge in [-0.2, -0.15) is 0 Å². The lowest BCUT2D eigenvalue weighted by Crippen LogP contribution is -2.07. The van der Waals surface area contributed by atoms with Crippen LogP contribution < -0.4 is 5.73 Å². The van der Waals surface area contributed by atoms with Crippen LogP contribution in [0.4, 0.5) is 5.69 Å². The van der Waals surface area contributed by atoms with E-state index in [1.165, 1.54) is 0 Å². The highest BCUT2D eigenvalue weighted by Gasteiger charge is 2.13. The monoisotopic (exact) mass is 275 g/mol. The van der Waals surface area contributed by atoms with Gasteiger partial charge in [0.25, 0.3) is 0 Å². The number of nitrogen functional groups attached to an aromatic ring is 1. The first-order valence-electron chi connectivity index (χ1n) is 6.05. The molecule has 2 aromatic carbocycles. The average molecular weight is 275 g/mol. The van der Waals surface area contributed by atoms with Crippen molar-refractivity contribution in [2.24, 2.45) is 0 Å². The molecule has 0 saturated heterocycles. The number of benzene rings is 2. The van der Waals surface area contributed by atoms with Crippen molar-refractivity contribution in [1.29, 1.82) is 0 Å². The van der Waals surface area contributed by atoms with Crippen LogP contribution in [-0.4, -0.2) is 8.42 Å². The maximum atomic E-state index is 12.1. The van der Waals surface area contributed by atoms with E-state index in [-0.39, 0.29) is 11.5 Å². The Balaban J connectivity index is 2.13. The van der Waals surface area contributed by atoms with Gasteiger partial charge in [-0.05, 0) is 30.2 Å². The van der Waals surface area contributed by atoms with Crippen molar-refractivity contribution in [3.8, 4) is 0 Å². The van der Waals surface area contributed by atoms with Crippen LogP contribution in [0.3, 0.4) is 0 Å². The van der Waals surface area contributed by atoms with Crippen LogP contribution in [0.2, 0.25) is 0 Å². The zero-order chi connectivity index (χ0) is 13.9. The molecule has 0 bridgehead atoms. The minimum atomic E-state index is -3.16. The molecule has 19 heavy (non-hydrogen) atoms. The molecule has 0 radical (unpaired) electrons. The van der Waals surface area contributed by atoms with Crippen LogP contribution in [0.15, 0.2) is 48.5 Å². The van der Waals surface area contributed by atoms with Crippen LogP contribution in [0.5, 0.6) is 0 Å². The normalized spacial score (nSPS) is 11.4. The highest BCUT2D eigenvalue weighted by molar-refractivity contribution is 7.89. The summed E-state index contributed by atoms with van der Waals surface area (Å²) in [5.41, 5.74) is 8.88. The van der Waals surface area contributed by atoms with Gasteiger partial charge in [0.1, 0.15) is 0 Å². The Morgan fingerprint density at radius 1 is 0.947 bits per heavy atom. The lowest BCUT2D eigenvalue weighted by Gasteiger charge is -2.06. The summed E-state index contributed by atoms with van der Waals surface area (Å²) in [7, 11) is -3.16. The van der Waals surface area contributed by atoms with E-state index < -0.39 is 9.84 Å². The molecule has 100 valence electrons. The standard InChI is InChI=1S/C15H17NO2S/c1-12-3-2-4-14(9-12)11-19(17,18)10-13-5-7-15(16)8-6-13/h2-9H,10-11,16H2,1H3. The summed E-state index contributed by atoms with van der Waals surface area (Å²) < 4.78 is 24.3. The molecular formula is C15H17NO2S. The number of nitrogens with two attached hydrogens (primary N) is 1. The van der Waals surface area contributed by atoms with Crippen LogP contribution >= 0.6 is 0 Å². The topological polar surface area (TPSA) is 60.2 Å². The van der Waals surface area contributed by atoms with Crippen LogP contribution in [-0.2, 0) is 21.3 Å². The molecule has 4 heteroatoms. The van der Waals surface area contributed by atoms with Gasteiger partial charge in [-0.15, -0.1) is 0 Å². The van der Waals surface area contributed by atoms with Crippen LogP contribution in [0.1, 0.15) is 16.7 Å². The first kappa shape index (κ1) is 13.6. The highest BCUT2D eigenvalue weighted by Crippen LogP contribution is 2.14. The van der Waals surface area contributed by atoms with E-state index in [1.807, 2.05) is 31.2 Å². The zero-order valence-electron chi connectivity index (χ0n) is 10.8. The molecule has 0 amide bonds. The minimum absolute atomic E-state index is 0.0429. The van der Waals surface area contributed by atoms with E-state index in [2.05, 4.69) is 0 Å². The molecule has 0 aliphatic heterocycles. The molecule has 2 rings (SSSR count). The molecule has 0 aliphatic rings. The second kappa shape index (κ2) is 5.45. The third-order valence-electron chi connectivity index (χ3n) is 2.84. The van der Waals surface area contributed by atoms with Crippen molar-refractivity contribution in [3.63, 3.8) is 0 Å². The fourth-order valence-corrected chi connectivity index (χ4v) is 3.46. The molecule has 0 spiro atoms. The predicted molar refractivity (Wildman–Crippen MR) is 78.4 cm³/mol. The van der Waals surface area contributed by atoms with E-state index in [9.17, 15) is 8.42 Å². The van der Waals surface area contributed by atoms with E-state index in [4.69, 9.17) is 5.73 Å². The number of hydrogen-bond donors (Lipinski definition) is 1. The average Bonchev–Trinajstić information content (AvgIpc) is 2.31. The molecule has 0 heterocycles. The van der Waals surface area contributed by atoms with Gasteiger partial charge < -0.3 is 5.73 Å². The smallest absolute Gasteiger partial charge is 0.158 e. The number of aryl methyl sites for hydroxylation is 1. The molecule has 0 unspecified atom stereocenters. The van der Waals surface area contributed by atoms with Gasteiger partial charge in [0.15, 0.2) is 9.84 Å². The van der Waals surface area contributed by atoms with Gasteiger partial charge in [-0.1, -0.05) is 42.0 Å². The van der Waals surface area contributed by atoms with Gasteiger partial charge >= 0.3 is 0 Å². The number of hydrogen-bond acceptors (Lipinski definition) is 3. The lowest BCUT2D eigenvalue weighted by atomic mass is 10.2. The third-order valence-corrected chi connectivity index (χ3v) is 4.38. The lowest BCUT2D eigenvalue weighted by molar-refractivity contribution is 0.594. The fraction of sp³-hybridized carbons (Fsp3) is 0.200. The molecule has 0 aliphatic carbocycles. The quantitative estimate of drug-likeness (QED) is 0.873. The van der Waals surface area contributed by atoms with E-state index in [0.29, 0.717) is 5.69 Å².